The molecule has 1 amide bonds. The number of hydrogen-bond donors (Lipinski definition) is 1. The van der Waals surface area contributed by atoms with Crippen LogP contribution in [0.15, 0.2) is 12.7 Å². The first-order chi connectivity index (χ1) is 6.02. The summed E-state index contributed by atoms with van der Waals surface area (Å²) in [7, 11) is 0. The van der Waals surface area contributed by atoms with Crippen molar-refractivity contribution in [3.8, 4) is 0 Å². The van der Waals surface area contributed by atoms with Crippen molar-refractivity contribution in [2.24, 2.45) is 0 Å². The van der Waals surface area contributed by atoms with Gasteiger partial charge in [-0.05, 0) is 20.3 Å². The summed E-state index contributed by atoms with van der Waals surface area (Å²) in [5, 5.41) is 2.91. The lowest BCUT2D eigenvalue weighted by Crippen LogP contribution is -2.41. The van der Waals surface area contributed by atoms with Crippen molar-refractivity contribution in [2.75, 3.05) is 0 Å². The molecule has 0 aliphatic rings. The Labute approximate surface area is 81.4 Å². The molecule has 0 unspecified atom stereocenters. The van der Waals surface area contributed by atoms with E-state index in [1.54, 1.807) is 6.08 Å². The van der Waals surface area contributed by atoms with E-state index in [4.69, 9.17) is 0 Å². The zero-order valence-corrected chi connectivity index (χ0v) is 9.02. The summed E-state index contributed by atoms with van der Waals surface area (Å²) in [6.07, 6.45) is 5.64. The smallest absolute Gasteiger partial charge is 0.220 e. The van der Waals surface area contributed by atoms with Crippen LogP contribution in [0.25, 0.3) is 0 Å². The predicted molar refractivity (Wildman–Crippen MR) is 56.6 cm³/mol. The Morgan fingerprint density at radius 3 is 2.54 bits per heavy atom. The van der Waals surface area contributed by atoms with Gasteiger partial charge in [-0.15, -0.1) is 6.58 Å². The number of carbonyl (C=O) groups is 1. The molecule has 0 aromatic carbocycles. The second-order valence-corrected chi connectivity index (χ2v) is 3.93. The highest BCUT2D eigenvalue weighted by molar-refractivity contribution is 5.76. The fourth-order valence-electron chi connectivity index (χ4n) is 1.01. The maximum Gasteiger partial charge on any atom is 0.220 e. The summed E-state index contributed by atoms with van der Waals surface area (Å²) >= 11 is 0. The number of nitrogens with one attached hydrogen (secondary N) is 1. The van der Waals surface area contributed by atoms with Crippen LogP contribution in [0.4, 0.5) is 0 Å². The molecule has 0 aliphatic carbocycles. The van der Waals surface area contributed by atoms with E-state index in [9.17, 15) is 4.79 Å². The average Bonchev–Trinajstić information content (AvgIpc) is 2.04. The molecule has 1 N–H and O–H groups in total. The lowest BCUT2D eigenvalue weighted by atomic mass is 10.1. The molecule has 0 fully saturated rings. The SMILES string of the molecule is C=CC(C)(C)NC(=O)CCCCC. The molecule has 0 aromatic heterocycles. The minimum absolute atomic E-state index is 0.123. The fourth-order valence-corrected chi connectivity index (χ4v) is 1.01. The largest absolute Gasteiger partial charge is 0.348 e. The Morgan fingerprint density at radius 1 is 1.46 bits per heavy atom. The highest BCUT2D eigenvalue weighted by atomic mass is 16.1. The molecule has 0 spiro atoms. The van der Waals surface area contributed by atoms with E-state index in [1.807, 2.05) is 13.8 Å². The van der Waals surface area contributed by atoms with Gasteiger partial charge in [0.25, 0.3) is 0 Å². The highest BCUT2D eigenvalue weighted by Crippen LogP contribution is 2.05. The van der Waals surface area contributed by atoms with Crippen LogP contribution in [0, 0.1) is 0 Å². The molecule has 0 radical (unpaired) electrons. The molecular weight excluding hydrogens is 162 g/mol. The number of carbonyl (C=O) groups excluding carboxylic acids is 1. The van der Waals surface area contributed by atoms with Gasteiger partial charge in [0.05, 0.1) is 5.54 Å². The van der Waals surface area contributed by atoms with E-state index in [-0.39, 0.29) is 11.4 Å². The van der Waals surface area contributed by atoms with Crippen LogP contribution in [-0.4, -0.2) is 11.4 Å². The van der Waals surface area contributed by atoms with Gasteiger partial charge in [0.15, 0.2) is 0 Å². The van der Waals surface area contributed by atoms with Crippen molar-refractivity contribution in [3.05, 3.63) is 12.7 Å². The number of rotatable bonds is 6. The van der Waals surface area contributed by atoms with Gasteiger partial charge in [-0.1, -0.05) is 25.8 Å². The summed E-state index contributed by atoms with van der Waals surface area (Å²) in [6, 6.07) is 0. The van der Waals surface area contributed by atoms with Crippen LogP contribution >= 0.6 is 0 Å². The molecule has 0 saturated heterocycles. The molecule has 0 atom stereocenters. The van der Waals surface area contributed by atoms with Gasteiger partial charge in [-0.3, -0.25) is 4.79 Å². The van der Waals surface area contributed by atoms with Crippen molar-refractivity contribution in [1.82, 2.24) is 5.32 Å². The van der Waals surface area contributed by atoms with Crippen LogP contribution in [-0.2, 0) is 4.79 Å². The number of unbranched alkanes of at least 4 members (excludes halogenated alkanes) is 2. The van der Waals surface area contributed by atoms with E-state index < -0.39 is 0 Å². The van der Waals surface area contributed by atoms with Gasteiger partial charge in [0, 0.05) is 6.42 Å². The summed E-state index contributed by atoms with van der Waals surface area (Å²) in [5.74, 6) is 0.123. The molecule has 0 aromatic rings. The van der Waals surface area contributed by atoms with Crippen LogP contribution in [0.5, 0.6) is 0 Å². The Morgan fingerprint density at radius 2 is 2.08 bits per heavy atom. The molecule has 13 heavy (non-hydrogen) atoms. The monoisotopic (exact) mass is 183 g/mol. The van der Waals surface area contributed by atoms with E-state index in [0.717, 1.165) is 19.3 Å². The maximum absolute atomic E-state index is 11.3. The highest BCUT2D eigenvalue weighted by Gasteiger charge is 2.14. The minimum Gasteiger partial charge on any atom is -0.348 e. The molecule has 0 saturated carbocycles. The van der Waals surface area contributed by atoms with Crippen molar-refractivity contribution in [3.63, 3.8) is 0 Å². The van der Waals surface area contributed by atoms with Crippen LogP contribution < -0.4 is 5.32 Å². The minimum atomic E-state index is -0.275. The second kappa shape index (κ2) is 5.79. The first kappa shape index (κ1) is 12.2. The van der Waals surface area contributed by atoms with E-state index in [2.05, 4.69) is 18.8 Å². The summed E-state index contributed by atoms with van der Waals surface area (Å²) in [5.41, 5.74) is -0.275. The molecule has 0 bridgehead atoms. The van der Waals surface area contributed by atoms with Gasteiger partial charge in [0.1, 0.15) is 0 Å². The quantitative estimate of drug-likeness (QED) is 0.498. The normalized spacial score (nSPS) is 11.0. The Bertz CT molecular complexity index is 173. The standard InChI is InChI=1S/C11H21NO/c1-5-7-8-9-10(13)12-11(3,4)6-2/h6H,2,5,7-9H2,1,3-4H3,(H,12,13). The van der Waals surface area contributed by atoms with Crippen molar-refractivity contribution in [2.45, 2.75) is 52.0 Å². The van der Waals surface area contributed by atoms with Gasteiger partial charge in [-0.2, -0.15) is 0 Å². The molecule has 0 heterocycles. The molecule has 0 rings (SSSR count). The van der Waals surface area contributed by atoms with Crippen LogP contribution in [0.3, 0.4) is 0 Å². The predicted octanol–water partition coefficient (Wildman–Crippen LogP) is 2.65. The lowest BCUT2D eigenvalue weighted by molar-refractivity contribution is -0.122. The van der Waals surface area contributed by atoms with Crippen LogP contribution in [0.1, 0.15) is 46.5 Å². The topological polar surface area (TPSA) is 29.1 Å². The van der Waals surface area contributed by atoms with Crippen molar-refractivity contribution in [1.29, 1.82) is 0 Å². The van der Waals surface area contributed by atoms with Crippen LogP contribution in [0.2, 0.25) is 0 Å². The second-order valence-electron chi connectivity index (χ2n) is 3.93. The molecule has 2 heteroatoms. The summed E-state index contributed by atoms with van der Waals surface area (Å²) in [4.78, 5) is 11.3. The zero-order chi connectivity index (χ0) is 10.3. The Kier molecular flexibility index (Phi) is 5.44. The average molecular weight is 183 g/mol. The van der Waals surface area contributed by atoms with E-state index in [1.165, 1.54) is 0 Å². The third-order valence-corrected chi connectivity index (χ3v) is 1.98. The molecule has 2 nitrogen and oxygen atoms in total. The number of amides is 1. The van der Waals surface area contributed by atoms with E-state index in [0.29, 0.717) is 6.42 Å². The first-order valence-electron chi connectivity index (χ1n) is 4.96. The molecule has 76 valence electrons. The lowest BCUT2D eigenvalue weighted by Gasteiger charge is -2.21. The van der Waals surface area contributed by atoms with Gasteiger partial charge < -0.3 is 5.32 Å². The van der Waals surface area contributed by atoms with Gasteiger partial charge in [-0.25, -0.2) is 0 Å². The van der Waals surface area contributed by atoms with Gasteiger partial charge in [0.2, 0.25) is 5.91 Å². The molecular formula is C11H21NO. The van der Waals surface area contributed by atoms with Crippen molar-refractivity contribution < 1.29 is 4.79 Å². The van der Waals surface area contributed by atoms with E-state index >= 15 is 0 Å². The third-order valence-electron chi connectivity index (χ3n) is 1.98. The Hall–Kier alpha value is -0.790. The summed E-state index contributed by atoms with van der Waals surface area (Å²) in [6.45, 7) is 9.68. The van der Waals surface area contributed by atoms with Crippen molar-refractivity contribution >= 4 is 5.91 Å². The van der Waals surface area contributed by atoms with Gasteiger partial charge >= 0.3 is 0 Å². The zero-order valence-electron chi connectivity index (χ0n) is 9.02. The Balaban J connectivity index is 3.68. The summed E-state index contributed by atoms with van der Waals surface area (Å²) < 4.78 is 0. The third kappa shape index (κ3) is 6.38. The maximum atomic E-state index is 11.3. The fraction of sp³-hybridized carbons (Fsp3) is 0.727. The first-order valence-corrected chi connectivity index (χ1v) is 4.96. The number of hydrogen-bond acceptors (Lipinski definition) is 1. The molecule has 0 aliphatic heterocycles.